The Morgan fingerprint density at radius 3 is 2.57 bits per heavy atom. The van der Waals surface area contributed by atoms with Gasteiger partial charge in [0.15, 0.2) is 0 Å². The molecule has 11 nitrogen and oxygen atoms in total. The maximum absolute atomic E-state index is 14.1. The third kappa shape index (κ3) is 6.59. The number of hydrazine groups is 2. The number of pyridine rings is 1. The Balaban J connectivity index is 1.40. The number of anilines is 2. The summed E-state index contributed by atoms with van der Waals surface area (Å²) in [6.07, 6.45) is 10.5. The zero-order valence-electron chi connectivity index (χ0n) is 26.3. The van der Waals surface area contributed by atoms with Crippen molar-refractivity contribution in [1.82, 2.24) is 30.9 Å². The quantitative estimate of drug-likeness (QED) is 0.109. The topological polar surface area (TPSA) is 151 Å². The number of nitrogens with zero attached hydrogens (tertiary/aromatic N) is 5. The van der Waals surface area contributed by atoms with Crippen molar-refractivity contribution in [3.8, 4) is 17.2 Å². The van der Waals surface area contributed by atoms with E-state index in [0.717, 1.165) is 18.4 Å². The summed E-state index contributed by atoms with van der Waals surface area (Å²) in [7, 11) is 7.25. The molecule has 1 fully saturated rings. The zero-order chi connectivity index (χ0) is 34.0. The lowest BCUT2D eigenvalue weighted by Gasteiger charge is -2.34. The van der Waals surface area contributed by atoms with Gasteiger partial charge in [0.05, 0.1) is 33.9 Å². The van der Waals surface area contributed by atoms with Gasteiger partial charge in [-0.25, -0.2) is 14.4 Å². The summed E-state index contributed by atoms with van der Waals surface area (Å²) in [6.45, 7) is 0. The highest BCUT2D eigenvalue weighted by atomic mass is 19.1. The van der Waals surface area contributed by atoms with Crippen molar-refractivity contribution in [2.75, 3.05) is 10.6 Å². The largest absolute Gasteiger partial charge is 0.481 e. The number of benzene rings is 3. The van der Waals surface area contributed by atoms with E-state index in [1.54, 1.807) is 24.5 Å². The van der Waals surface area contributed by atoms with Crippen molar-refractivity contribution < 1.29 is 14.3 Å². The molecule has 0 bridgehead atoms. The van der Waals surface area contributed by atoms with E-state index in [-0.39, 0.29) is 18.4 Å². The molecular formula is C36H31BFN9O2. The molecular weight excluding hydrogens is 620 g/mol. The first-order valence-corrected chi connectivity index (χ1v) is 15.8. The van der Waals surface area contributed by atoms with Crippen molar-refractivity contribution in [2.45, 2.75) is 43.2 Å². The molecule has 0 amide bonds. The maximum atomic E-state index is 14.1. The van der Waals surface area contributed by atoms with Crippen molar-refractivity contribution in [3.63, 3.8) is 0 Å². The highest BCUT2D eigenvalue weighted by Gasteiger charge is 2.38. The van der Waals surface area contributed by atoms with Gasteiger partial charge in [-0.15, -0.1) is 5.53 Å². The van der Waals surface area contributed by atoms with Crippen molar-refractivity contribution >= 4 is 36.1 Å². The van der Waals surface area contributed by atoms with Crippen LogP contribution in [0.2, 0.25) is 0 Å². The molecule has 0 spiro atoms. The highest BCUT2D eigenvalue weighted by Crippen LogP contribution is 2.40. The van der Waals surface area contributed by atoms with Gasteiger partial charge < -0.3 is 21.2 Å². The van der Waals surface area contributed by atoms with Crippen LogP contribution >= 0.6 is 0 Å². The number of hydrogen-bond donors (Lipinski definition) is 5. The lowest BCUT2D eigenvalue weighted by atomic mass is 9.69. The first kappa shape index (κ1) is 31.6. The molecule has 2 aliphatic rings. The van der Waals surface area contributed by atoms with E-state index < -0.39 is 23.3 Å². The average molecular weight is 652 g/mol. The number of carboxylic acid groups (broad SMARTS) is 1. The number of rotatable bonds is 12. The number of nitriles is 1. The molecule has 242 valence electrons. The minimum Gasteiger partial charge on any atom is -0.481 e. The minimum atomic E-state index is -1.37. The van der Waals surface area contributed by atoms with Crippen LogP contribution in [-0.4, -0.2) is 44.9 Å². The fourth-order valence-electron chi connectivity index (χ4n) is 6.04. The van der Waals surface area contributed by atoms with Crippen molar-refractivity contribution in [3.05, 3.63) is 126 Å². The Labute approximate surface area is 283 Å². The predicted octanol–water partition coefficient (Wildman–Crippen LogP) is 5.48. The lowest BCUT2D eigenvalue weighted by molar-refractivity contribution is -0.137. The summed E-state index contributed by atoms with van der Waals surface area (Å²) >= 11 is 0. The molecule has 0 saturated heterocycles. The van der Waals surface area contributed by atoms with Crippen LogP contribution < -0.4 is 21.6 Å². The molecule has 2 atom stereocenters. The Morgan fingerprint density at radius 2 is 1.88 bits per heavy atom. The van der Waals surface area contributed by atoms with E-state index in [2.05, 4.69) is 37.6 Å². The fraction of sp³-hybridized carbons (Fsp3) is 0.194. The number of hydrogen-bond acceptors (Lipinski definition) is 10. The number of halogens is 1. The number of aliphatic carboxylic acids is 1. The Kier molecular flexibility index (Phi) is 8.54. The van der Waals surface area contributed by atoms with Crippen LogP contribution in [0.5, 0.6) is 0 Å². The fourth-order valence-corrected chi connectivity index (χ4v) is 6.04. The second kappa shape index (κ2) is 13.3. The summed E-state index contributed by atoms with van der Waals surface area (Å²) in [4.78, 5) is 24.8. The first-order chi connectivity index (χ1) is 23.8. The van der Waals surface area contributed by atoms with Crippen LogP contribution in [0.15, 0.2) is 104 Å². The van der Waals surface area contributed by atoms with Crippen molar-refractivity contribution in [2.24, 2.45) is 0 Å². The number of carbonyl (C=O) groups is 1. The summed E-state index contributed by atoms with van der Waals surface area (Å²) < 4.78 is 14.1. The molecule has 2 radical (unpaired) electrons. The van der Waals surface area contributed by atoms with Gasteiger partial charge in [0, 0.05) is 59.5 Å². The monoisotopic (exact) mass is 651 g/mol. The molecule has 1 aliphatic heterocycles. The van der Waals surface area contributed by atoms with E-state index >= 15 is 0 Å². The summed E-state index contributed by atoms with van der Waals surface area (Å²) in [5.74, 6) is -1.32. The Bertz CT molecular complexity index is 2070. The van der Waals surface area contributed by atoms with E-state index in [1.807, 2.05) is 53.7 Å². The summed E-state index contributed by atoms with van der Waals surface area (Å²) in [6, 6.07) is 21.4. The van der Waals surface area contributed by atoms with Gasteiger partial charge in [-0.05, 0) is 54.7 Å². The van der Waals surface area contributed by atoms with Gasteiger partial charge in [0.25, 0.3) is 0 Å². The summed E-state index contributed by atoms with van der Waals surface area (Å²) in [5, 5.41) is 29.4. The predicted molar refractivity (Wildman–Crippen MR) is 184 cm³/mol. The molecule has 7 rings (SSSR count). The molecule has 1 saturated carbocycles. The van der Waals surface area contributed by atoms with Gasteiger partial charge in [0.1, 0.15) is 26.1 Å². The van der Waals surface area contributed by atoms with E-state index in [1.165, 1.54) is 24.7 Å². The van der Waals surface area contributed by atoms with Gasteiger partial charge in [0.2, 0.25) is 0 Å². The third-order valence-corrected chi connectivity index (χ3v) is 8.72. The van der Waals surface area contributed by atoms with E-state index in [0.29, 0.717) is 50.7 Å². The summed E-state index contributed by atoms with van der Waals surface area (Å²) in [5.41, 5.74) is 10.3. The van der Waals surface area contributed by atoms with Crippen LogP contribution in [0.1, 0.15) is 48.4 Å². The number of nitrogens with one attached hydrogen (secondary N) is 4. The highest BCUT2D eigenvalue weighted by molar-refractivity contribution is 6.19. The molecule has 3 heterocycles. The zero-order valence-corrected chi connectivity index (χ0v) is 26.3. The van der Waals surface area contributed by atoms with Crippen LogP contribution in [-0.2, 0) is 10.2 Å². The van der Waals surface area contributed by atoms with E-state index in [9.17, 15) is 19.6 Å². The minimum absolute atomic E-state index is 0.0851. The van der Waals surface area contributed by atoms with Crippen molar-refractivity contribution in [1.29, 1.82) is 5.26 Å². The van der Waals surface area contributed by atoms with Crippen LogP contribution in [0.4, 0.5) is 15.8 Å². The smallest absolute Gasteiger partial charge is 0.303 e. The number of aromatic nitrogens is 3. The number of carboxylic acids is 1. The molecule has 2 aromatic heterocycles. The van der Waals surface area contributed by atoms with Crippen LogP contribution in [0.25, 0.3) is 22.0 Å². The first-order valence-electron chi connectivity index (χ1n) is 15.8. The number of fused-ring (bicyclic) bond motifs is 1. The van der Waals surface area contributed by atoms with Crippen LogP contribution in [0.3, 0.4) is 0 Å². The molecule has 49 heavy (non-hydrogen) atoms. The third-order valence-electron chi connectivity index (χ3n) is 8.72. The molecule has 5 N–H and O–H groups in total. The van der Waals surface area contributed by atoms with Gasteiger partial charge >= 0.3 is 5.97 Å². The molecule has 5 aromatic rings. The van der Waals surface area contributed by atoms with E-state index in [4.69, 9.17) is 12.8 Å². The normalized spacial score (nSPS) is 15.8. The molecule has 13 heteroatoms. The van der Waals surface area contributed by atoms with Crippen LogP contribution in [0, 0.1) is 17.1 Å². The second-order valence-corrected chi connectivity index (χ2v) is 12.1. The van der Waals surface area contributed by atoms with Gasteiger partial charge in [-0.3, -0.25) is 14.8 Å². The average Bonchev–Trinajstić information content (AvgIpc) is 3.85. The van der Waals surface area contributed by atoms with Gasteiger partial charge in [-0.2, -0.15) is 5.26 Å². The second-order valence-electron chi connectivity index (χ2n) is 12.1. The Morgan fingerprint density at radius 1 is 1.12 bits per heavy atom. The Hall–Kier alpha value is -6.00. The molecule has 3 aromatic carbocycles. The SMILES string of the molecule is [B]C(Nc1cc(-c2cncnc2)c2ncc(C#N)c(N[C@H](CCC(=O)O)c3ccccc3)c2c1)(C1=CN(C2CC2)NN1)c1ccc(F)cc1. The lowest BCUT2D eigenvalue weighted by Crippen LogP contribution is -2.45. The van der Waals surface area contributed by atoms with Gasteiger partial charge in [-0.1, -0.05) is 42.5 Å². The maximum Gasteiger partial charge on any atom is 0.303 e. The molecule has 1 unspecified atom stereocenters. The standard InChI is InChI=1S/C36H31BFN9O2/c37-36(25-6-8-26(38)9-7-25,32-20-47(46-45-32)28-10-11-28)44-27-14-29(24-17-40-21-41-18-24)35-30(15-27)34(23(16-39)19-42-35)43-31(12-13-33(48)49)22-4-2-1-3-5-22/h1-9,14-15,17-21,28,31,44-46H,10-13H2,(H,42,43)(H,48,49)/t31-,36?/m1/s1. The molecule has 1 aliphatic carbocycles.